The monoisotopic (exact) mass is 218 g/mol. The maximum absolute atomic E-state index is 11.1. The lowest BCUT2D eigenvalue weighted by Crippen LogP contribution is -1.84. The van der Waals surface area contributed by atoms with Gasteiger partial charge < -0.3 is 5.11 Å². The van der Waals surface area contributed by atoms with Gasteiger partial charge in [-0.2, -0.15) is 0 Å². The summed E-state index contributed by atoms with van der Waals surface area (Å²) in [7, 11) is 0. The van der Waals surface area contributed by atoms with Gasteiger partial charge in [-0.3, -0.25) is 4.79 Å². The van der Waals surface area contributed by atoms with Crippen molar-refractivity contribution >= 4 is 27.6 Å². The highest BCUT2D eigenvalue weighted by atomic mass is 32.2. The van der Waals surface area contributed by atoms with Gasteiger partial charge in [-0.25, -0.2) is 0 Å². The summed E-state index contributed by atoms with van der Waals surface area (Å²) in [5.74, 6) is 0.161. The zero-order chi connectivity index (χ0) is 10.8. The van der Waals surface area contributed by atoms with Crippen LogP contribution in [0.25, 0.3) is 10.8 Å². The van der Waals surface area contributed by atoms with Crippen LogP contribution in [0.2, 0.25) is 0 Å². The van der Waals surface area contributed by atoms with Crippen LogP contribution < -0.4 is 0 Å². The Morgan fingerprint density at radius 2 is 1.93 bits per heavy atom. The predicted octanol–water partition coefficient (Wildman–Crippen LogP) is 3.18. The Balaban J connectivity index is 2.68. The average Bonchev–Trinajstić information content (AvgIpc) is 2.22. The van der Waals surface area contributed by atoms with Gasteiger partial charge >= 0.3 is 0 Å². The fourth-order valence-corrected chi connectivity index (χ4v) is 2.24. The summed E-state index contributed by atoms with van der Waals surface area (Å²) in [6, 6.07) is 11.1. The van der Waals surface area contributed by atoms with Gasteiger partial charge in [0.2, 0.25) is 0 Å². The minimum Gasteiger partial charge on any atom is -0.507 e. The van der Waals surface area contributed by atoms with E-state index in [2.05, 4.69) is 0 Å². The summed E-state index contributed by atoms with van der Waals surface area (Å²) >= 11 is 1.07. The molecule has 15 heavy (non-hydrogen) atoms. The molecule has 2 aromatic carbocycles. The Kier molecular flexibility index (Phi) is 2.64. The minimum absolute atomic E-state index is 0.0262. The van der Waals surface area contributed by atoms with Crippen molar-refractivity contribution in [3.63, 3.8) is 0 Å². The number of hydrogen-bond acceptors (Lipinski definition) is 3. The fourth-order valence-electron chi connectivity index (χ4n) is 1.48. The van der Waals surface area contributed by atoms with Gasteiger partial charge in [0.15, 0.2) is 5.12 Å². The topological polar surface area (TPSA) is 37.3 Å². The molecule has 0 bridgehead atoms. The molecule has 76 valence electrons. The second-order valence-electron chi connectivity index (χ2n) is 3.23. The molecule has 0 aliphatic carbocycles. The second kappa shape index (κ2) is 3.95. The van der Waals surface area contributed by atoms with Crippen LogP contribution in [-0.4, -0.2) is 10.2 Å². The van der Waals surface area contributed by atoms with Crippen molar-refractivity contribution in [2.45, 2.75) is 11.8 Å². The summed E-state index contributed by atoms with van der Waals surface area (Å²) in [4.78, 5) is 11.7. The highest BCUT2D eigenvalue weighted by molar-refractivity contribution is 8.13. The van der Waals surface area contributed by atoms with E-state index in [-0.39, 0.29) is 10.9 Å². The lowest BCUT2D eigenvalue weighted by Gasteiger charge is -2.06. The zero-order valence-corrected chi connectivity index (χ0v) is 9.04. The van der Waals surface area contributed by atoms with Crippen molar-refractivity contribution in [3.05, 3.63) is 36.4 Å². The summed E-state index contributed by atoms with van der Waals surface area (Å²) in [5.41, 5.74) is 0. The van der Waals surface area contributed by atoms with Crippen LogP contribution in [0.4, 0.5) is 0 Å². The lowest BCUT2D eigenvalue weighted by atomic mass is 10.1. The van der Waals surface area contributed by atoms with E-state index in [1.807, 2.05) is 30.3 Å². The van der Waals surface area contributed by atoms with Crippen LogP contribution in [0.1, 0.15) is 6.92 Å². The van der Waals surface area contributed by atoms with E-state index in [1.54, 1.807) is 6.07 Å². The highest BCUT2D eigenvalue weighted by Gasteiger charge is 2.09. The van der Waals surface area contributed by atoms with Gasteiger partial charge in [0.05, 0.1) is 4.90 Å². The van der Waals surface area contributed by atoms with Crippen LogP contribution in [0.3, 0.4) is 0 Å². The van der Waals surface area contributed by atoms with Crippen molar-refractivity contribution in [2.75, 3.05) is 0 Å². The molecule has 0 radical (unpaired) electrons. The summed E-state index contributed by atoms with van der Waals surface area (Å²) < 4.78 is 0. The van der Waals surface area contributed by atoms with Crippen molar-refractivity contribution in [1.82, 2.24) is 0 Å². The van der Waals surface area contributed by atoms with Crippen molar-refractivity contribution in [3.8, 4) is 5.75 Å². The molecule has 0 amide bonds. The Hall–Kier alpha value is -1.48. The quantitative estimate of drug-likeness (QED) is 0.747. The summed E-state index contributed by atoms with van der Waals surface area (Å²) in [6.45, 7) is 1.49. The zero-order valence-electron chi connectivity index (χ0n) is 8.23. The molecule has 0 aliphatic heterocycles. The third-order valence-corrected chi connectivity index (χ3v) is 3.03. The molecule has 0 saturated heterocycles. The van der Waals surface area contributed by atoms with Crippen molar-refractivity contribution in [2.24, 2.45) is 0 Å². The maximum Gasteiger partial charge on any atom is 0.190 e. The van der Waals surface area contributed by atoms with E-state index in [1.165, 1.54) is 6.92 Å². The van der Waals surface area contributed by atoms with Crippen LogP contribution in [-0.2, 0) is 4.79 Å². The number of aromatic hydroxyl groups is 1. The molecule has 0 spiro atoms. The molecule has 2 rings (SSSR count). The number of rotatable bonds is 1. The molecule has 0 saturated carbocycles. The smallest absolute Gasteiger partial charge is 0.190 e. The number of phenols is 1. The van der Waals surface area contributed by atoms with Gasteiger partial charge in [-0.1, -0.05) is 30.3 Å². The molecule has 0 heterocycles. The van der Waals surface area contributed by atoms with Gasteiger partial charge in [0.1, 0.15) is 5.75 Å². The largest absolute Gasteiger partial charge is 0.507 e. The SMILES string of the molecule is CC(=O)Sc1c(O)ccc2ccccc12. The van der Waals surface area contributed by atoms with E-state index in [4.69, 9.17) is 0 Å². The number of carbonyl (C=O) groups excluding carboxylic acids is 1. The minimum atomic E-state index is -0.0262. The molecule has 0 fully saturated rings. The summed E-state index contributed by atoms with van der Waals surface area (Å²) in [6.07, 6.45) is 0. The number of phenolic OH excluding ortho intramolecular Hbond substituents is 1. The van der Waals surface area contributed by atoms with E-state index >= 15 is 0 Å². The van der Waals surface area contributed by atoms with Crippen LogP contribution in [0.15, 0.2) is 41.3 Å². The number of thioether (sulfide) groups is 1. The number of fused-ring (bicyclic) bond motifs is 1. The third-order valence-electron chi connectivity index (χ3n) is 2.10. The van der Waals surface area contributed by atoms with Crippen LogP contribution in [0, 0.1) is 0 Å². The first-order valence-electron chi connectivity index (χ1n) is 4.57. The number of carbonyl (C=O) groups is 1. The van der Waals surface area contributed by atoms with Gasteiger partial charge in [-0.05, 0) is 28.6 Å². The molecule has 0 atom stereocenters. The van der Waals surface area contributed by atoms with Crippen molar-refractivity contribution < 1.29 is 9.90 Å². The van der Waals surface area contributed by atoms with E-state index in [0.29, 0.717) is 4.90 Å². The normalized spacial score (nSPS) is 10.5. The second-order valence-corrected chi connectivity index (χ2v) is 4.42. The Bertz CT molecular complexity index is 520. The first kappa shape index (κ1) is 10.1. The molecule has 0 aromatic heterocycles. The lowest BCUT2D eigenvalue weighted by molar-refractivity contribution is -0.109. The van der Waals surface area contributed by atoms with E-state index < -0.39 is 0 Å². The predicted molar refractivity (Wildman–Crippen MR) is 62.2 cm³/mol. The first-order chi connectivity index (χ1) is 7.18. The molecule has 2 nitrogen and oxygen atoms in total. The molecule has 0 unspecified atom stereocenters. The van der Waals surface area contributed by atoms with E-state index in [0.717, 1.165) is 22.5 Å². The molecular formula is C12H10O2S. The van der Waals surface area contributed by atoms with Crippen LogP contribution in [0.5, 0.6) is 5.75 Å². The molecular weight excluding hydrogens is 208 g/mol. The van der Waals surface area contributed by atoms with Crippen molar-refractivity contribution in [1.29, 1.82) is 0 Å². The molecule has 1 N–H and O–H groups in total. The Labute approximate surface area is 91.9 Å². The highest BCUT2D eigenvalue weighted by Crippen LogP contribution is 2.35. The van der Waals surface area contributed by atoms with E-state index in [9.17, 15) is 9.90 Å². The number of benzene rings is 2. The standard InChI is InChI=1S/C12H10O2S/c1-8(13)15-12-10-5-3-2-4-9(10)6-7-11(12)14/h2-7,14H,1H3. The molecule has 0 aliphatic rings. The third kappa shape index (κ3) is 1.97. The first-order valence-corrected chi connectivity index (χ1v) is 5.39. The molecule has 3 heteroatoms. The van der Waals surface area contributed by atoms with Gasteiger partial charge in [-0.15, -0.1) is 0 Å². The Morgan fingerprint density at radius 3 is 2.67 bits per heavy atom. The number of hydrogen-bond donors (Lipinski definition) is 1. The van der Waals surface area contributed by atoms with Gasteiger partial charge in [0.25, 0.3) is 0 Å². The maximum atomic E-state index is 11.1. The summed E-state index contributed by atoms with van der Waals surface area (Å²) in [5, 5.41) is 11.6. The van der Waals surface area contributed by atoms with Gasteiger partial charge in [0, 0.05) is 6.92 Å². The average molecular weight is 218 g/mol. The molecule has 2 aromatic rings. The van der Waals surface area contributed by atoms with Crippen LogP contribution >= 0.6 is 11.8 Å². The Morgan fingerprint density at radius 1 is 1.20 bits per heavy atom. The fraction of sp³-hybridized carbons (Fsp3) is 0.0833.